The number of carbonyl (C=O) groups excluding carboxylic acids is 3. The molecule has 1 saturated heterocycles. The summed E-state index contributed by atoms with van der Waals surface area (Å²) in [5.41, 5.74) is 0.851. The zero-order chi connectivity index (χ0) is 19.8. The van der Waals surface area contributed by atoms with Crippen LogP contribution in [0.5, 0.6) is 0 Å². The van der Waals surface area contributed by atoms with Gasteiger partial charge in [-0.15, -0.1) is 0 Å². The Hall–Kier alpha value is -2.43. The van der Waals surface area contributed by atoms with Crippen molar-refractivity contribution >= 4 is 17.7 Å². The number of likely N-dealkylation sites (tertiary alicyclic amines) is 1. The highest BCUT2D eigenvalue weighted by Crippen LogP contribution is 2.51. The predicted octanol–water partition coefficient (Wildman–Crippen LogP) is 3.18. The van der Waals surface area contributed by atoms with Crippen molar-refractivity contribution in [1.82, 2.24) is 9.80 Å². The van der Waals surface area contributed by atoms with Crippen molar-refractivity contribution in [2.75, 3.05) is 13.1 Å². The number of rotatable bonds is 6. The number of nitrogens with zero attached hydrogens (tertiary/aromatic N) is 2. The number of amides is 3. The third-order valence-electron chi connectivity index (χ3n) is 6.77. The summed E-state index contributed by atoms with van der Waals surface area (Å²) in [5.74, 6) is -0.365. The largest absolute Gasteiger partial charge is 0.343 e. The van der Waals surface area contributed by atoms with Crippen molar-refractivity contribution in [3.63, 3.8) is 0 Å². The van der Waals surface area contributed by atoms with E-state index in [0.29, 0.717) is 13.1 Å². The summed E-state index contributed by atoms with van der Waals surface area (Å²) in [7, 11) is 0. The lowest BCUT2D eigenvalue weighted by Gasteiger charge is -2.38. The van der Waals surface area contributed by atoms with Crippen LogP contribution in [-0.4, -0.2) is 40.6 Å². The van der Waals surface area contributed by atoms with E-state index in [2.05, 4.69) is 12.2 Å². The molecule has 0 N–H and O–H groups in total. The molecule has 3 aliphatic carbocycles. The molecule has 28 heavy (non-hydrogen) atoms. The van der Waals surface area contributed by atoms with Gasteiger partial charge in [-0.05, 0) is 44.1 Å². The first-order valence-corrected chi connectivity index (χ1v) is 10.4. The number of fused-ring (bicyclic) bond motifs is 1. The molecule has 148 valence electrons. The van der Waals surface area contributed by atoms with Crippen molar-refractivity contribution < 1.29 is 14.4 Å². The van der Waals surface area contributed by atoms with Crippen LogP contribution in [0.25, 0.3) is 0 Å². The molecule has 1 aliphatic heterocycles. The number of hydrogen-bond donors (Lipinski definition) is 0. The molecular formula is C23H28N2O3. The van der Waals surface area contributed by atoms with Crippen molar-refractivity contribution in [3.05, 3.63) is 48.0 Å². The van der Waals surface area contributed by atoms with E-state index in [1.807, 2.05) is 44.2 Å². The Morgan fingerprint density at radius 1 is 1.00 bits per heavy atom. The summed E-state index contributed by atoms with van der Waals surface area (Å²) < 4.78 is 0. The molecule has 4 aliphatic rings. The van der Waals surface area contributed by atoms with Gasteiger partial charge in [0.2, 0.25) is 17.7 Å². The number of carbonyl (C=O) groups is 3. The Labute approximate surface area is 166 Å². The molecule has 5 heteroatoms. The summed E-state index contributed by atoms with van der Waals surface area (Å²) in [6.07, 6.45) is 6.35. The minimum absolute atomic E-state index is 0.0181. The monoisotopic (exact) mass is 380 g/mol. The molecular weight excluding hydrogens is 352 g/mol. The van der Waals surface area contributed by atoms with Crippen molar-refractivity contribution in [2.24, 2.45) is 23.7 Å². The van der Waals surface area contributed by atoms with E-state index in [-0.39, 0.29) is 47.8 Å². The first kappa shape index (κ1) is 18.9. The summed E-state index contributed by atoms with van der Waals surface area (Å²) in [6.45, 7) is 5.14. The van der Waals surface area contributed by atoms with Crippen LogP contribution in [0.15, 0.2) is 42.5 Å². The van der Waals surface area contributed by atoms with E-state index in [0.717, 1.165) is 18.4 Å². The minimum Gasteiger partial charge on any atom is -0.343 e. The Kier molecular flexibility index (Phi) is 5.09. The molecule has 0 unspecified atom stereocenters. The molecule has 0 spiro atoms. The lowest BCUT2D eigenvalue weighted by molar-refractivity contribution is -0.144. The Morgan fingerprint density at radius 2 is 1.54 bits per heavy atom. The van der Waals surface area contributed by atoms with Gasteiger partial charge < -0.3 is 4.90 Å². The van der Waals surface area contributed by atoms with E-state index in [9.17, 15) is 14.4 Å². The third-order valence-corrected chi connectivity index (χ3v) is 6.77. The van der Waals surface area contributed by atoms with Gasteiger partial charge in [-0.1, -0.05) is 42.5 Å². The quantitative estimate of drug-likeness (QED) is 0.563. The fourth-order valence-electron chi connectivity index (χ4n) is 5.31. The second-order valence-electron chi connectivity index (χ2n) is 8.08. The van der Waals surface area contributed by atoms with E-state index in [4.69, 9.17) is 0 Å². The van der Waals surface area contributed by atoms with Crippen LogP contribution < -0.4 is 0 Å². The van der Waals surface area contributed by atoms with Crippen LogP contribution in [-0.2, 0) is 14.4 Å². The van der Waals surface area contributed by atoms with E-state index < -0.39 is 6.04 Å². The van der Waals surface area contributed by atoms with Crippen molar-refractivity contribution in [2.45, 2.75) is 39.2 Å². The maximum Gasteiger partial charge on any atom is 0.234 e. The Balaban J connectivity index is 1.68. The van der Waals surface area contributed by atoms with Gasteiger partial charge in [-0.3, -0.25) is 19.3 Å². The fourth-order valence-corrected chi connectivity index (χ4v) is 5.31. The van der Waals surface area contributed by atoms with Crippen LogP contribution in [0, 0.1) is 23.7 Å². The molecule has 5 rings (SSSR count). The molecule has 5 nitrogen and oxygen atoms in total. The highest BCUT2D eigenvalue weighted by atomic mass is 16.2. The summed E-state index contributed by atoms with van der Waals surface area (Å²) in [6, 6.07) is 9.00. The number of allylic oxidation sites excluding steroid dienone is 2. The zero-order valence-electron chi connectivity index (χ0n) is 16.6. The van der Waals surface area contributed by atoms with E-state index >= 15 is 0 Å². The van der Waals surface area contributed by atoms with Crippen LogP contribution in [0.3, 0.4) is 0 Å². The van der Waals surface area contributed by atoms with Crippen LogP contribution in [0.4, 0.5) is 0 Å². The SMILES string of the molecule is CCN(CC)C(=O)C[C@H](c1ccccc1)N1C(=O)[C@H]2[C@H](C1=O)[C@H]1C=C[C@H]2CC1. The molecule has 0 radical (unpaired) electrons. The standard InChI is InChI=1S/C23H28N2O3/c1-3-24(4-2)19(26)14-18(15-8-6-5-7-9-15)25-22(27)20-16-10-11-17(13-12-16)21(20)23(25)28/h5-11,16-18,20-21H,3-4,12-14H2,1-2H3/t16-,17-,18+,20+,21+/m0/s1. The van der Waals surface area contributed by atoms with Gasteiger partial charge in [0, 0.05) is 13.1 Å². The van der Waals surface area contributed by atoms with Gasteiger partial charge in [-0.25, -0.2) is 0 Å². The summed E-state index contributed by atoms with van der Waals surface area (Å²) in [4.78, 5) is 42.9. The first-order chi connectivity index (χ1) is 13.6. The van der Waals surface area contributed by atoms with Gasteiger partial charge in [0.15, 0.2) is 0 Å². The van der Waals surface area contributed by atoms with E-state index in [1.54, 1.807) is 4.90 Å². The lowest BCUT2D eigenvalue weighted by Crippen LogP contribution is -2.40. The molecule has 0 aromatic heterocycles. The van der Waals surface area contributed by atoms with Gasteiger partial charge in [0.25, 0.3) is 0 Å². The lowest BCUT2D eigenvalue weighted by atomic mass is 9.63. The molecule has 5 atom stereocenters. The smallest absolute Gasteiger partial charge is 0.234 e. The highest BCUT2D eigenvalue weighted by molar-refractivity contribution is 6.06. The number of hydrogen-bond acceptors (Lipinski definition) is 3. The van der Waals surface area contributed by atoms with Crippen molar-refractivity contribution in [1.29, 1.82) is 0 Å². The van der Waals surface area contributed by atoms with E-state index in [1.165, 1.54) is 4.90 Å². The second kappa shape index (κ2) is 7.53. The molecule has 1 aromatic carbocycles. The third kappa shape index (κ3) is 2.97. The molecule has 1 aromatic rings. The Morgan fingerprint density at radius 3 is 2.00 bits per heavy atom. The van der Waals surface area contributed by atoms with Gasteiger partial charge in [-0.2, -0.15) is 0 Å². The van der Waals surface area contributed by atoms with Crippen molar-refractivity contribution in [3.8, 4) is 0 Å². The normalized spacial score (nSPS) is 29.1. The predicted molar refractivity (Wildman–Crippen MR) is 106 cm³/mol. The minimum atomic E-state index is -0.528. The average Bonchev–Trinajstić information content (AvgIpc) is 3.01. The van der Waals surface area contributed by atoms with Crippen LogP contribution in [0.2, 0.25) is 0 Å². The molecule has 2 fully saturated rings. The van der Waals surface area contributed by atoms with Gasteiger partial charge >= 0.3 is 0 Å². The van der Waals surface area contributed by atoms with Gasteiger partial charge in [0.05, 0.1) is 24.3 Å². The second-order valence-corrected chi connectivity index (χ2v) is 8.08. The molecule has 2 bridgehead atoms. The Bertz CT molecular complexity index is 767. The molecule has 3 amide bonds. The van der Waals surface area contributed by atoms with Gasteiger partial charge in [0.1, 0.15) is 0 Å². The number of imide groups is 1. The first-order valence-electron chi connectivity index (χ1n) is 10.4. The summed E-state index contributed by atoms with van der Waals surface area (Å²) >= 11 is 0. The van der Waals surface area contributed by atoms with Crippen LogP contribution >= 0.6 is 0 Å². The fraction of sp³-hybridized carbons (Fsp3) is 0.522. The molecule has 1 saturated carbocycles. The number of benzene rings is 1. The average molecular weight is 380 g/mol. The summed E-state index contributed by atoms with van der Waals surface area (Å²) in [5, 5.41) is 0. The maximum absolute atomic E-state index is 13.4. The van der Waals surface area contributed by atoms with Crippen LogP contribution in [0.1, 0.15) is 44.7 Å². The highest BCUT2D eigenvalue weighted by Gasteiger charge is 2.58. The molecule has 1 heterocycles. The topological polar surface area (TPSA) is 57.7 Å². The maximum atomic E-state index is 13.4. The zero-order valence-corrected chi connectivity index (χ0v) is 16.6.